The van der Waals surface area contributed by atoms with Gasteiger partial charge in [0.2, 0.25) is 0 Å². The summed E-state index contributed by atoms with van der Waals surface area (Å²) >= 11 is 0. The van der Waals surface area contributed by atoms with Crippen molar-refractivity contribution in [3.05, 3.63) is 30.1 Å². The van der Waals surface area contributed by atoms with E-state index in [2.05, 4.69) is 34.0 Å². The van der Waals surface area contributed by atoms with E-state index in [0.717, 1.165) is 31.5 Å². The minimum atomic E-state index is 0.434. The molecule has 0 aliphatic carbocycles. The van der Waals surface area contributed by atoms with Gasteiger partial charge >= 0.3 is 0 Å². The molecule has 0 aromatic carbocycles. The van der Waals surface area contributed by atoms with Gasteiger partial charge in [0.1, 0.15) is 0 Å². The average molecular weight is 358 g/mol. The molecule has 4 heterocycles. The highest BCUT2D eigenvalue weighted by molar-refractivity contribution is 5.11. The molecule has 4 heteroatoms. The number of aromatic nitrogens is 1. The monoisotopic (exact) mass is 357 g/mol. The molecule has 4 nitrogen and oxygen atoms in total. The Hall–Kier alpha value is -0.970. The van der Waals surface area contributed by atoms with Crippen LogP contribution in [0.5, 0.6) is 0 Å². The molecule has 4 atom stereocenters. The van der Waals surface area contributed by atoms with Crippen molar-refractivity contribution in [3.8, 4) is 0 Å². The maximum absolute atomic E-state index is 6.20. The van der Waals surface area contributed by atoms with Gasteiger partial charge in [-0.05, 0) is 82.6 Å². The lowest BCUT2D eigenvalue weighted by atomic mass is 9.79. The molecule has 0 radical (unpaired) electrons. The quantitative estimate of drug-likeness (QED) is 0.826. The molecule has 3 aliphatic heterocycles. The Morgan fingerprint density at radius 2 is 2.00 bits per heavy atom. The molecule has 4 rings (SSSR count). The van der Waals surface area contributed by atoms with Crippen molar-refractivity contribution in [1.29, 1.82) is 0 Å². The molecule has 144 valence electrons. The van der Waals surface area contributed by atoms with Gasteiger partial charge in [0.25, 0.3) is 0 Å². The minimum absolute atomic E-state index is 0.434. The highest BCUT2D eigenvalue weighted by Crippen LogP contribution is 2.33. The number of likely N-dealkylation sites (tertiary alicyclic amines) is 2. The maximum atomic E-state index is 6.20. The first-order chi connectivity index (χ1) is 12.8. The number of piperidine rings is 2. The molecule has 1 aromatic rings. The molecule has 26 heavy (non-hydrogen) atoms. The van der Waals surface area contributed by atoms with Crippen molar-refractivity contribution in [2.45, 2.75) is 50.5 Å². The number of hydrogen-bond donors (Lipinski definition) is 0. The van der Waals surface area contributed by atoms with Gasteiger partial charge in [0.15, 0.2) is 0 Å². The lowest BCUT2D eigenvalue weighted by Crippen LogP contribution is -2.44. The van der Waals surface area contributed by atoms with Crippen molar-refractivity contribution in [1.82, 2.24) is 14.8 Å². The smallest absolute Gasteiger partial charge is 0.0704 e. The van der Waals surface area contributed by atoms with E-state index in [1.807, 2.05) is 12.3 Å². The third-order valence-corrected chi connectivity index (χ3v) is 6.81. The van der Waals surface area contributed by atoms with E-state index in [1.165, 1.54) is 63.9 Å². The van der Waals surface area contributed by atoms with Gasteiger partial charge in [-0.2, -0.15) is 0 Å². The average Bonchev–Trinajstić information content (AvgIpc) is 2.69. The summed E-state index contributed by atoms with van der Waals surface area (Å²) in [5, 5.41) is 0. The Balaban J connectivity index is 1.30. The fourth-order valence-corrected chi connectivity index (χ4v) is 5.42. The van der Waals surface area contributed by atoms with Gasteiger partial charge in [-0.1, -0.05) is 6.07 Å². The zero-order valence-corrected chi connectivity index (χ0v) is 16.4. The second-order valence-electron chi connectivity index (χ2n) is 8.80. The van der Waals surface area contributed by atoms with Crippen LogP contribution in [0.25, 0.3) is 0 Å². The van der Waals surface area contributed by atoms with Gasteiger partial charge in [-0.3, -0.25) is 4.98 Å². The largest absolute Gasteiger partial charge is 0.377 e. The predicted octanol–water partition coefficient (Wildman–Crippen LogP) is 3.40. The summed E-state index contributed by atoms with van der Waals surface area (Å²) in [6, 6.07) is 6.33. The van der Waals surface area contributed by atoms with Gasteiger partial charge in [-0.25, -0.2) is 0 Å². The number of rotatable bonds is 4. The summed E-state index contributed by atoms with van der Waals surface area (Å²) in [5.74, 6) is 2.35. The molecule has 0 spiro atoms. The van der Waals surface area contributed by atoms with Crippen LogP contribution in [-0.4, -0.2) is 67.3 Å². The Labute approximate surface area is 158 Å². The minimum Gasteiger partial charge on any atom is -0.377 e. The molecule has 0 amide bonds. The van der Waals surface area contributed by atoms with Crippen LogP contribution in [0.15, 0.2) is 24.4 Å². The third kappa shape index (κ3) is 4.65. The number of hydrogen-bond acceptors (Lipinski definition) is 4. The molecular formula is C22H35N3O. The highest BCUT2D eigenvalue weighted by atomic mass is 16.5. The van der Waals surface area contributed by atoms with Crippen LogP contribution >= 0.6 is 0 Å². The zero-order chi connectivity index (χ0) is 17.8. The Morgan fingerprint density at radius 3 is 2.85 bits per heavy atom. The van der Waals surface area contributed by atoms with Gasteiger partial charge in [0.05, 0.1) is 6.10 Å². The van der Waals surface area contributed by atoms with E-state index < -0.39 is 0 Å². The summed E-state index contributed by atoms with van der Waals surface area (Å²) < 4.78 is 6.20. The molecular weight excluding hydrogens is 322 g/mol. The summed E-state index contributed by atoms with van der Waals surface area (Å²) in [7, 11) is 2.29. The third-order valence-electron chi connectivity index (χ3n) is 6.81. The second-order valence-corrected chi connectivity index (χ2v) is 8.80. The molecule has 0 saturated carbocycles. The van der Waals surface area contributed by atoms with Crippen molar-refractivity contribution in [2.75, 3.05) is 46.4 Å². The maximum Gasteiger partial charge on any atom is 0.0704 e. The molecule has 3 unspecified atom stereocenters. The van der Waals surface area contributed by atoms with Crippen LogP contribution in [-0.2, 0) is 4.74 Å². The van der Waals surface area contributed by atoms with Crippen LogP contribution in [0, 0.1) is 11.8 Å². The van der Waals surface area contributed by atoms with E-state index in [9.17, 15) is 0 Å². The molecule has 0 N–H and O–H groups in total. The van der Waals surface area contributed by atoms with Gasteiger partial charge in [-0.15, -0.1) is 0 Å². The predicted molar refractivity (Wildman–Crippen MR) is 105 cm³/mol. The first-order valence-corrected chi connectivity index (χ1v) is 10.7. The van der Waals surface area contributed by atoms with Crippen molar-refractivity contribution >= 4 is 0 Å². The Bertz CT molecular complexity index is 552. The number of pyridine rings is 1. The number of ether oxygens (including phenoxy) is 1. The van der Waals surface area contributed by atoms with Crippen molar-refractivity contribution < 1.29 is 4.74 Å². The highest BCUT2D eigenvalue weighted by Gasteiger charge is 2.33. The van der Waals surface area contributed by atoms with E-state index in [-0.39, 0.29) is 0 Å². The van der Waals surface area contributed by atoms with Gasteiger partial charge < -0.3 is 14.5 Å². The van der Waals surface area contributed by atoms with E-state index >= 15 is 0 Å². The number of nitrogens with zero attached hydrogens (tertiary/aromatic N) is 3. The lowest BCUT2D eigenvalue weighted by molar-refractivity contribution is -0.0477. The summed E-state index contributed by atoms with van der Waals surface area (Å²) in [4.78, 5) is 9.77. The summed E-state index contributed by atoms with van der Waals surface area (Å²) in [5.41, 5.74) is 1.27. The van der Waals surface area contributed by atoms with E-state index in [4.69, 9.17) is 4.74 Å². The van der Waals surface area contributed by atoms with Crippen molar-refractivity contribution in [3.63, 3.8) is 0 Å². The second kappa shape index (κ2) is 8.81. The van der Waals surface area contributed by atoms with Crippen LogP contribution in [0.2, 0.25) is 0 Å². The van der Waals surface area contributed by atoms with E-state index in [1.54, 1.807) is 0 Å². The molecule has 1 aromatic heterocycles. The molecule has 3 aliphatic rings. The van der Waals surface area contributed by atoms with Crippen molar-refractivity contribution in [2.24, 2.45) is 11.8 Å². The first kappa shape index (κ1) is 18.4. The standard InChI is InChI=1S/C22H35N3O/c1-24-11-4-6-19(15-24)18-9-13-26-21(14-18)17-25-12-5-7-20(16-25)22-8-2-3-10-23-22/h2-3,8,10,18-21H,4-7,9,11-17H2,1H3/t18?,19?,20-,21?/m0/s1. The fraction of sp³-hybridized carbons (Fsp3) is 0.773. The van der Waals surface area contributed by atoms with Gasteiger partial charge in [0, 0.05) is 44.0 Å². The summed E-state index contributed by atoms with van der Waals surface area (Å²) in [6.07, 6.45) is 10.3. The molecule has 3 fully saturated rings. The summed E-state index contributed by atoms with van der Waals surface area (Å²) in [6.45, 7) is 7.03. The normalized spacial score (nSPS) is 34.7. The SMILES string of the molecule is CN1CCCC(C2CCOC(CN3CCC[C@H](c4ccccn4)C3)C2)C1. The first-order valence-electron chi connectivity index (χ1n) is 10.7. The van der Waals surface area contributed by atoms with Crippen LogP contribution in [0.1, 0.15) is 50.1 Å². The Kier molecular flexibility index (Phi) is 6.24. The van der Waals surface area contributed by atoms with E-state index in [0.29, 0.717) is 12.0 Å². The Morgan fingerprint density at radius 1 is 1.08 bits per heavy atom. The topological polar surface area (TPSA) is 28.6 Å². The van der Waals surface area contributed by atoms with Crippen LogP contribution in [0.4, 0.5) is 0 Å². The van der Waals surface area contributed by atoms with Crippen LogP contribution < -0.4 is 0 Å². The zero-order valence-electron chi connectivity index (χ0n) is 16.4. The molecule has 3 saturated heterocycles. The fourth-order valence-electron chi connectivity index (χ4n) is 5.42. The molecule has 0 bridgehead atoms. The lowest BCUT2D eigenvalue weighted by Gasteiger charge is -2.41. The van der Waals surface area contributed by atoms with Crippen LogP contribution in [0.3, 0.4) is 0 Å².